The molecule has 0 heterocycles. The number of hydrogen-bond donors (Lipinski definition) is 0. The zero-order chi connectivity index (χ0) is 9.12. The van der Waals surface area contributed by atoms with Crippen molar-refractivity contribution in [2.45, 2.75) is 46.6 Å². The van der Waals surface area contributed by atoms with Gasteiger partial charge in [0.05, 0.1) is 0 Å². The quantitative estimate of drug-likeness (QED) is 0.423. The molecule has 0 rings (SSSR count). The molecule has 68 valence electrons. The Bertz CT molecular complexity index is 113. The third-order valence-electron chi connectivity index (χ3n) is 1.76. The van der Waals surface area contributed by atoms with E-state index in [-0.39, 0.29) is 24.5 Å². The molecule has 1 nitrogen and oxygen atoms in total. The molecule has 2 heteroatoms. The van der Waals surface area contributed by atoms with Gasteiger partial charge in [-0.3, -0.25) is 0 Å². The fraction of sp³-hybridized carbons (Fsp3) is 0.900. The minimum atomic E-state index is -0.00667. The molecule has 0 aromatic carbocycles. The molecule has 0 radical (unpaired) electrons. The number of rotatable bonds is 3. The fourth-order valence-corrected chi connectivity index (χ4v) is 0.635. The topological polar surface area (TPSA) is 9.23 Å². The molecular weight excluding hydrogens is 143 g/mol. The largest absolute Gasteiger partial charge is 1.00 e. The van der Waals surface area contributed by atoms with Crippen LogP contribution in [0.2, 0.25) is 0 Å². The van der Waals surface area contributed by atoms with Crippen LogP contribution in [0, 0.1) is 11.8 Å². The van der Waals surface area contributed by atoms with Crippen LogP contribution in [0.5, 0.6) is 0 Å². The molecule has 0 saturated heterocycles. The smallest absolute Gasteiger partial charge is 0.381 e. The molecule has 0 atom stereocenters. The Morgan fingerprint density at radius 2 is 1.50 bits per heavy atom. The van der Waals surface area contributed by atoms with Gasteiger partial charge in [0.15, 0.2) is 0 Å². The summed E-state index contributed by atoms with van der Waals surface area (Å²) in [4.78, 5) is 0. The van der Waals surface area contributed by atoms with E-state index in [0.29, 0.717) is 5.41 Å². The van der Waals surface area contributed by atoms with Crippen LogP contribution in [0.15, 0.2) is 0 Å². The summed E-state index contributed by atoms with van der Waals surface area (Å²) in [6, 6.07) is 0. The van der Waals surface area contributed by atoms with E-state index in [1.165, 1.54) is 0 Å². The number of ether oxygens (including phenoxy) is 1. The molecule has 0 aliphatic rings. The molecule has 0 aliphatic heterocycles. The van der Waals surface area contributed by atoms with E-state index in [2.05, 4.69) is 41.0 Å². The van der Waals surface area contributed by atoms with Crippen molar-refractivity contribution in [1.29, 1.82) is 0 Å². The van der Waals surface area contributed by atoms with Crippen LogP contribution in [-0.4, -0.2) is 12.7 Å². The molecule has 0 aromatic rings. The van der Waals surface area contributed by atoms with Gasteiger partial charge in [0, 0.05) is 12.7 Å². The van der Waals surface area contributed by atoms with Gasteiger partial charge >= 0.3 is 18.9 Å². The Hall–Kier alpha value is 0.557. The molecule has 0 spiro atoms. The van der Waals surface area contributed by atoms with Gasteiger partial charge in [0.25, 0.3) is 0 Å². The van der Waals surface area contributed by atoms with Crippen LogP contribution in [0.1, 0.15) is 41.0 Å². The standard InChI is InChI=1S/C10H21O.Li/c1-9(2,3)7-8-10(4,5)11-6;/h7H,8H2,1-6H3;/q-1;+1. The van der Waals surface area contributed by atoms with E-state index in [9.17, 15) is 0 Å². The minimum absolute atomic E-state index is 0. The second-order valence-electron chi connectivity index (χ2n) is 4.74. The maximum Gasteiger partial charge on any atom is 1.00 e. The van der Waals surface area contributed by atoms with E-state index in [4.69, 9.17) is 4.74 Å². The van der Waals surface area contributed by atoms with Crippen molar-refractivity contribution >= 4 is 0 Å². The predicted molar refractivity (Wildman–Crippen MR) is 49.5 cm³/mol. The first kappa shape index (κ1) is 15.0. The van der Waals surface area contributed by atoms with Crippen LogP contribution in [0.4, 0.5) is 0 Å². The molecule has 12 heavy (non-hydrogen) atoms. The van der Waals surface area contributed by atoms with Crippen LogP contribution in [-0.2, 0) is 4.74 Å². The van der Waals surface area contributed by atoms with Crippen molar-refractivity contribution in [2.24, 2.45) is 5.41 Å². The van der Waals surface area contributed by atoms with Gasteiger partial charge in [0.2, 0.25) is 0 Å². The Labute approximate surface area is 89.4 Å². The van der Waals surface area contributed by atoms with Gasteiger partial charge < -0.3 is 11.2 Å². The van der Waals surface area contributed by atoms with Crippen LogP contribution >= 0.6 is 0 Å². The van der Waals surface area contributed by atoms with Crippen molar-refractivity contribution < 1.29 is 23.6 Å². The summed E-state index contributed by atoms with van der Waals surface area (Å²) in [5.74, 6) is 0. The van der Waals surface area contributed by atoms with Gasteiger partial charge in [-0.25, -0.2) is 0 Å². The zero-order valence-corrected chi connectivity index (χ0v) is 9.69. The molecule has 0 bridgehead atoms. The first-order valence-corrected chi connectivity index (χ1v) is 4.16. The Balaban J connectivity index is 0. The maximum atomic E-state index is 5.30. The average Bonchev–Trinajstić information content (AvgIpc) is 1.83. The summed E-state index contributed by atoms with van der Waals surface area (Å²) in [6.45, 7) is 10.8. The van der Waals surface area contributed by atoms with E-state index in [0.717, 1.165) is 6.42 Å². The van der Waals surface area contributed by atoms with Gasteiger partial charge in [0.1, 0.15) is 0 Å². The molecule has 0 unspecified atom stereocenters. The molecule has 0 aliphatic carbocycles. The van der Waals surface area contributed by atoms with E-state index >= 15 is 0 Å². The van der Waals surface area contributed by atoms with E-state index in [1.807, 2.05) is 0 Å². The SMILES string of the molecule is COC(C)(C)C[CH-]C(C)(C)C.[Li+]. The van der Waals surface area contributed by atoms with Gasteiger partial charge in [-0.1, -0.05) is 20.8 Å². The summed E-state index contributed by atoms with van der Waals surface area (Å²) in [7, 11) is 1.76. The fourth-order valence-electron chi connectivity index (χ4n) is 0.635. The zero-order valence-electron chi connectivity index (χ0n) is 9.69. The van der Waals surface area contributed by atoms with Crippen molar-refractivity contribution in [3.63, 3.8) is 0 Å². The number of hydrogen-bond acceptors (Lipinski definition) is 1. The summed E-state index contributed by atoms with van der Waals surface area (Å²) < 4.78 is 5.30. The molecule has 0 fully saturated rings. The first-order chi connectivity index (χ1) is 4.77. The van der Waals surface area contributed by atoms with E-state index < -0.39 is 0 Å². The normalized spacial score (nSPS) is 12.5. The summed E-state index contributed by atoms with van der Waals surface area (Å²) in [5, 5.41) is 0. The number of methoxy groups -OCH3 is 1. The summed E-state index contributed by atoms with van der Waals surface area (Å²) in [5.41, 5.74) is 0.295. The predicted octanol–water partition coefficient (Wildman–Crippen LogP) is 0.0559. The summed E-state index contributed by atoms with van der Waals surface area (Å²) in [6.07, 6.45) is 3.31. The second-order valence-corrected chi connectivity index (χ2v) is 4.74. The summed E-state index contributed by atoms with van der Waals surface area (Å²) >= 11 is 0. The van der Waals surface area contributed by atoms with Crippen LogP contribution in [0.25, 0.3) is 0 Å². The Morgan fingerprint density at radius 3 is 1.75 bits per heavy atom. The molecular formula is C10H21LiO. The Morgan fingerprint density at radius 1 is 1.08 bits per heavy atom. The molecule has 0 saturated carbocycles. The van der Waals surface area contributed by atoms with Gasteiger partial charge in [-0.05, 0) is 13.8 Å². The maximum absolute atomic E-state index is 5.30. The second kappa shape index (κ2) is 5.32. The first-order valence-electron chi connectivity index (χ1n) is 4.16. The van der Waals surface area contributed by atoms with E-state index in [1.54, 1.807) is 7.11 Å². The third kappa shape index (κ3) is 8.65. The van der Waals surface area contributed by atoms with Gasteiger partial charge in [-0.15, -0.1) is 6.42 Å². The Kier molecular flexibility index (Phi) is 6.67. The van der Waals surface area contributed by atoms with Crippen LogP contribution in [0.3, 0.4) is 0 Å². The van der Waals surface area contributed by atoms with Crippen LogP contribution < -0.4 is 18.9 Å². The van der Waals surface area contributed by atoms with Crippen molar-refractivity contribution in [2.75, 3.05) is 7.11 Å². The molecule has 0 amide bonds. The molecule has 0 N–H and O–H groups in total. The average molecular weight is 164 g/mol. The van der Waals surface area contributed by atoms with Gasteiger partial charge in [-0.2, -0.15) is 5.41 Å². The minimum Gasteiger partial charge on any atom is -0.381 e. The third-order valence-corrected chi connectivity index (χ3v) is 1.76. The van der Waals surface area contributed by atoms with Crippen molar-refractivity contribution in [3.8, 4) is 0 Å². The van der Waals surface area contributed by atoms with Crippen molar-refractivity contribution in [3.05, 3.63) is 6.42 Å². The van der Waals surface area contributed by atoms with Crippen molar-refractivity contribution in [1.82, 2.24) is 0 Å². The molecule has 0 aromatic heterocycles. The monoisotopic (exact) mass is 164 g/mol.